The van der Waals surface area contributed by atoms with Crippen LogP contribution >= 0.6 is 0 Å². The molecule has 0 aliphatic rings. The van der Waals surface area contributed by atoms with Gasteiger partial charge >= 0.3 is 0 Å². The van der Waals surface area contributed by atoms with E-state index >= 15 is 0 Å². The fourth-order valence-corrected chi connectivity index (χ4v) is 0.571. The molecule has 0 radical (unpaired) electrons. The highest BCUT2D eigenvalue weighted by Gasteiger charge is 1.95. The zero-order valence-electron chi connectivity index (χ0n) is 9.19. The van der Waals surface area contributed by atoms with Gasteiger partial charge in [-0.3, -0.25) is 0 Å². The Labute approximate surface area is 77.7 Å². The minimum absolute atomic E-state index is 0. The molecule has 2 nitrogen and oxygen atoms in total. The Hall–Kier alpha value is -0.0800. The lowest BCUT2D eigenvalue weighted by Gasteiger charge is -2.06. The summed E-state index contributed by atoms with van der Waals surface area (Å²) in [6.07, 6.45) is 5.16. The molecule has 0 spiro atoms. The van der Waals surface area contributed by atoms with Crippen LogP contribution in [0.25, 0.3) is 0 Å². The Balaban J connectivity index is 0. The van der Waals surface area contributed by atoms with Crippen LogP contribution in [0.3, 0.4) is 0 Å². The van der Waals surface area contributed by atoms with Crippen LogP contribution in [0, 0.1) is 0 Å². The Morgan fingerprint density at radius 1 is 1.00 bits per heavy atom. The molecule has 12 heavy (non-hydrogen) atoms. The van der Waals surface area contributed by atoms with Crippen molar-refractivity contribution in [3.63, 3.8) is 0 Å². The van der Waals surface area contributed by atoms with Crippen molar-refractivity contribution in [2.45, 2.75) is 58.9 Å². The van der Waals surface area contributed by atoms with Gasteiger partial charge in [-0.1, -0.05) is 26.2 Å². The van der Waals surface area contributed by atoms with Crippen LogP contribution in [0.5, 0.6) is 0 Å². The summed E-state index contributed by atoms with van der Waals surface area (Å²) in [5.41, 5.74) is 10.6. The third-order valence-corrected chi connectivity index (χ3v) is 1.06. The molecule has 0 unspecified atom stereocenters. The van der Waals surface area contributed by atoms with E-state index in [9.17, 15) is 0 Å². The van der Waals surface area contributed by atoms with Gasteiger partial charge in [0.05, 0.1) is 0 Å². The van der Waals surface area contributed by atoms with Gasteiger partial charge in [-0.05, 0) is 33.7 Å². The average molecular weight is 174 g/mol. The van der Waals surface area contributed by atoms with Gasteiger partial charge in [-0.2, -0.15) is 0 Å². The second-order valence-corrected chi connectivity index (χ2v) is 4.22. The molecule has 0 aromatic carbocycles. The molecule has 0 aromatic rings. The zero-order chi connectivity index (χ0) is 10.0. The third kappa shape index (κ3) is 51.4. The molecule has 0 heterocycles. The second kappa shape index (κ2) is 9.01. The molecule has 4 N–H and O–H groups in total. The monoisotopic (exact) mass is 174 g/mol. The molecule has 0 amide bonds. The predicted molar refractivity (Wildman–Crippen MR) is 57.1 cm³/mol. The summed E-state index contributed by atoms with van der Waals surface area (Å²) in [5.74, 6) is 0. The van der Waals surface area contributed by atoms with Crippen LogP contribution in [0.2, 0.25) is 0 Å². The van der Waals surface area contributed by atoms with Crippen molar-refractivity contribution >= 4 is 0 Å². The van der Waals surface area contributed by atoms with Crippen molar-refractivity contribution in [3.8, 4) is 0 Å². The molecule has 0 fully saturated rings. The molecule has 76 valence electrons. The van der Waals surface area contributed by atoms with Gasteiger partial charge in [0, 0.05) is 5.54 Å². The first kappa shape index (κ1) is 14.4. The van der Waals surface area contributed by atoms with Crippen molar-refractivity contribution < 1.29 is 0 Å². The van der Waals surface area contributed by atoms with E-state index in [1.807, 2.05) is 20.8 Å². The Bertz CT molecular complexity index is 64.4. The van der Waals surface area contributed by atoms with E-state index in [4.69, 9.17) is 11.5 Å². The van der Waals surface area contributed by atoms with Gasteiger partial charge in [0.15, 0.2) is 0 Å². The largest absolute Gasteiger partial charge is 0.330 e. The van der Waals surface area contributed by atoms with Gasteiger partial charge in [0.25, 0.3) is 0 Å². The maximum Gasteiger partial charge on any atom is 0.00686 e. The first-order chi connectivity index (χ1) is 5.41. The summed E-state index contributed by atoms with van der Waals surface area (Å²) in [7, 11) is 0. The van der Waals surface area contributed by atoms with Crippen LogP contribution in [-0.2, 0) is 0 Å². The van der Waals surface area contributed by atoms with Gasteiger partial charge in [-0.25, -0.2) is 0 Å². The summed E-state index contributed by atoms with van der Waals surface area (Å²) in [4.78, 5) is 0. The molecular formula is C10H26N2. The van der Waals surface area contributed by atoms with E-state index < -0.39 is 0 Å². The van der Waals surface area contributed by atoms with Crippen LogP contribution in [-0.4, -0.2) is 12.1 Å². The van der Waals surface area contributed by atoms with Gasteiger partial charge < -0.3 is 11.5 Å². The van der Waals surface area contributed by atoms with E-state index in [1.165, 1.54) is 25.7 Å². The fourth-order valence-electron chi connectivity index (χ4n) is 0.571. The molecule has 0 aromatic heterocycles. The quantitative estimate of drug-likeness (QED) is 0.642. The highest BCUT2D eigenvalue weighted by Crippen LogP contribution is 1.95. The van der Waals surface area contributed by atoms with E-state index in [0.717, 1.165) is 6.54 Å². The highest BCUT2D eigenvalue weighted by molar-refractivity contribution is 4.60. The Kier molecular flexibility index (Phi) is 10.8. The third-order valence-electron chi connectivity index (χ3n) is 1.06. The first-order valence-corrected chi connectivity index (χ1v) is 4.90. The predicted octanol–water partition coefficient (Wildman–Crippen LogP) is 2.27. The number of nitrogens with two attached hydrogens (primary N) is 2. The minimum atomic E-state index is 0. The first-order valence-electron chi connectivity index (χ1n) is 4.90. The van der Waals surface area contributed by atoms with Gasteiger partial charge in [0.2, 0.25) is 0 Å². The molecule has 0 saturated heterocycles. The van der Waals surface area contributed by atoms with Crippen molar-refractivity contribution in [2.24, 2.45) is 11.5 Å². The van der Waals surface area contributed by atoms with Crippen LogP contribution < -0.4 is 11.5 Å². The van der Waals surface area contributed by atoms with Gasteiger partial charge in [-0.15, -0.1) is 0 Å². The lowest BCUT2D eigenvalue weighted by atomic mass is 10.1. The van der Waals surface area contributed by atoms with Crippen molar-refractivity contribution in [1.82, 2.24) is 0 Å². The average Bonchev–Trinajstić information content (AvgIpc) is 1.85. The number of rotatable bonds is 4. The summed E-state index contributed by atoms with van der Waals surface area (Å²) in [5, 5.41) is 0. The molecular weight excluding hydrogens is 148 g/mol. The molecule has 0 atom stereocenters. The van der Waals surface area contributed by atoms with Crippen molar-refractivity contribution in [2.75, 3.05) is 6.54 Å². The SMILES string of the molecule is CC(C)(C)N.CCCCCCN. The Morgan fingerprint density at radius 3 is 1.67 bits per heavy atom. The number of hydrogen-bond acceptors (Lipinski definition) is 2. The standard InChI is InChI=1S/C6H15N.C4H11N/c1-2-3-4-5-6-7;1-4(2,3)5/h2-7H2,1H3;5H2,1-3H3. The van der Waals surface area contributed by atoms with Crippen LogP contribution in [0.1, 0.15) is 53.4 Å². The van der Waals surface area contributed by atoms with E-state index in [2.05, 4.69) is 6.92 Å². The summed E-state index contributed by atoms with van der Waals surface area (Å²) in [6.45, 7) is 8.96. The topological polar surface area (TPSA) is 52.0 Å². The normalized spacial score (nSPS) is 10.5. The summed E-state index contributed by atoms with van der Waals surface area (Å²) < 4.78 is 0. The lowest BCUT2D eigenvalue weighted by Crippen LogP contribution is -2.26. The summed E-state index contributed by atoms with van der Waals surface area (Å²) in [6, 6.07) is 0. The van der Waals surface area contributed by atoms with Crippen molar-refractivity contribution in [1.29, 1.82) is 0 Å². The number of unbranched alkanes of at least 4 members (excludes halogenated alkanes) is 3. The minimum Gasteiger partial charge on any atom is -0.330 e. The maximum absolute atomic E-state index is 5.35. The van der Waals surface area contributed by atoms with E-state index in [-0.39, 0.29) is 5.54 Å². The molecule has 2 heteroatoms. The number of hydrogen-bond donors (Lipinski definition) is 2. The second-order valence-electron chi connectivity index (χ2n) is 4.22. The molecule has 0 rings (SSSR count). The van der Waals surface area contributed by atoms with Gasteiger partial charge in [0.1, 0.15) is 0 Å². The Morgan fingerprint density at radius 2 is 1.42 bits per heavy atom. The van der Waals surface area contributed by atoms with Crippen LogP contribution in [0.15, 0.2) is 0 Å². The van der Waals surface area contributed by atoms with E-state index in [1.54, 1.807) is 0 Å². The molecule has 0 saturated carbocycles. The molecule has 0 aliphatic heterocycles. The van der Waals surface area contributed by atoms with Crippen LogP contribution in [0.4, 0.5) is 0 Å². The fraction of sp³-hybridized carbons (Fsp3) is 1.00. The smallest absolute Gasteiger partial charge is 0.00686 e. The summed E-state index contributed by atoms with van der Waals surface area (Å²) >= 11 is 0. The zero-order valence-corrected chi connectivity index (χ0v) is 9.19. The molecule has 0 bridgehead atoms. The van der Waals surface area contributed by atoms with Crippen molar-refractivity contribution in [3.05, 3.63) is 0 Å². The van der Waals surface area contributed by atoms with E-state index in [0.29, 0.717) is 0 Å². The molecule has 0 aliphatic carbocycles. The maximum atomic E-state index is 5.35. The highest BCUT2D eigenvalue weighted by atomic mass is 14.7. The lowest BCUT2D eigenvalue weighted by molar-refractivity contribution is 0.580.